The summed E-state index contributed by atoms with van der Waals surface area (Å²) in [5.74, 6) is -2.92. The van der Waals surface area contributed by atoms with Crippen molar-refractivity contribution < 1.29 is 9.59 Å². The molecule has 0 radical (unpaired) electrons. The van der Waals surface area contributed by atoms with Crippen LogP contribution in [0.5, 0.6) is 0 Å². The molecular formula is C13H14N4O2. The van der Waals surface area contributed by atoms with E-state index in [1.807, 2.05) is 12.1 Å². The Labute approximate surface area is 110 Å². The summed E-state index contributed by atoms with van der Waals surface area (Å²) in [4.78, 5) is 23.9. The summed E-state index contributed by atoms with van der Waals surface area (Å²) in [5.41, 5.74) is 3.23. The highest BCUT2D eigenvalue weighted by atomic mass is 16.2. The van der Waals surface area contributed by atoms with Gasteiger partial charge in [0, 0.05) is 11.1 Å². The summed E-state index contributed by atoms with van der Waals surface area (Å²) in [5, 5.41) is 21.4. The zero-order valence-electron chi connectivity index (χ0n) is 10.6. The number of hydrogen-bond donors (Lipinski definition) is 2. The van der Waals surface area contributed by atoms with Crippen LogP contribution in [0.3, 0.4) is 0 Å². The summed E-state index contributed by atoms with van der Waals surface area (Å²) >= 11 is 0. The van der Waals surface area contributed by atoms with E-state index in [1.165, 1.54) is 0 Å². The fraction of sp³-hybridized carbons (Fsp3) is 0.538. The number of primary amides is 1. The molecule has 0 spiro atoms. The largest absolute Gasteiger partial charge is 0.368 e. The van der Waals surface area contributed by atoms with Gasteiger partial charge in [0.05, 0.1) is 12.1 Å². The van der Waals surface area contributed by atoms with E-state index < -0.39 is 28.6 Å². The van der Waals surface area contributed by atoms with Crippen LogP contribution < -0.4 is 11.1 Å². The van der Waals surface area contributed by atoms with E-state index in [-0.39, 0.29) is 0 Å². The normalized spacial score (nSPS) is 37.1. The number of carbonyl (C=O) groups is 2. The molecule has 0 aromatic heterocycles. The van der Waals surface area contributed by atoms with Crippen LogP contribution in [0.25, 0.3) is 0 Å². The van der Waals surface area contributed by atoms with Crippen molar-refractivity contribution in [3.63, 3.8) is 0 Å². The van der Waals surface area contributed by atoms with Gasteiger partial charge >= 0.3 is 0 Å². The van der Waals surface area contributed by atoms with E-state index >= 15 is 0 Å². The van der Waals surface area contributed by atoms with E-state index in [1.54, 1.807) is 13.0 Å². The maximum Gasteiger partial charge on any atom is 0.243 e. The third-order valence-corrected chi connectivity index (χ3v) is 4.34. The Hall–Kier alpha value is -2.34. The average Bonchev–Trinajstić information content (AvgIpc) is 2.37. The van der Waals surface area contributed by atoms with E-state index in [4.69, 9.17) is 5.73 Å². The fourth-order valence-electron chi connectivity index (χ4n) is 3.19. The summed E-state index contributed by atoms with van der Waals surface area (Å²) in [6.07, 6.45) is 3.89. The van der Waals surface area contributed by atoms with Gasteiger partial charge in [0.15, 0.2) is 11.3 Å². The quantitative estimate of drug-likeness (QED) is 0.703. The number of nitrogens with one attached hydrogen (secondary N) is 1. The topological polar surface area (TPSA) is 120 Å². The second-order valence-electron chi connectivity index (χ2n) is 5.18. The summed E-state index contributed by atoms with van der Waals surface area (Å²) in [7, 11) is 0. The van der Waals surface area contributed by atoms with Crippen molar-refractivity contribution in [2.45, 2.75) is 26.2 Å². The van der Waals surface area contributed by atoms with Crippen LogP contribution in [-0.4, -0.2) is 11.8 Å². The maximum atomic E-state index is 12.0. The maximum absolute atomic E-state index is 12.0. The molecule has 3 atom stereocenters. The average molecular weight is 258 g/mol. The molecule has 6 heteroatoms. The molecule has 2 rings (SSSR count). The Balaban J connectivity index is 2.74. The fourth-order valence-corrected chi connectivity index (χ4v) is 3.19. The molecule has 19 heavy (non-hydrogen) atoms. The molecule has 0 saturated carbocycles. The number of carbonyl (C=O) groups excluding carboxylic acids is 2. The minimum absolute atomic E-state index is 0.536. The van der Waals surface area contributed by atoms with E-state index in [0.29, 0.717) is 12.1 Å². The smallest absolute Gasteiger partial charge is 0.243 e. The van der Waals surface area contributed by atoms with Crippen LogP contribution >= 0.6 is 0 Å². The molecule has 98 valence electrons. The van der Waals surface area contributed by atoms with E-state index in [0.717, 1.165) is 12.8 Å². The van der Waals surface area contributed by atoms with Crippen molar-refractivity contribution in [1.29, 1.82) is 10.5 Å². The second-order valence-corrected chi connectivity index (χ2v) is 5.18. The van der Waals surface area contributed by atoms with Crippen LogP contribution in [0, 0.1) is 39.4 Å². The van der Waals surface area contributed by atoms with Crippen molar-refractivity contribution in [2.75, 3.05) is 0 Å². The van der Waals surface area contributed by atoms with Gasteiger partial charge in [-0.05, 0) is 19.3 Å². The molecule has 3 N–H and O–H groups in total. The zero-order chi connectivity index (χ0) is 14.3. The predicted octanol–water partition coefficient (Wildman–Crippen LogP) is 0.325. The minimum atomic E-state index is -1.81. The van der Waals surface area contributed by atoms with Gasteiger partial charge in [-0.2, -0.15) is 10.5 Å². The molecule has 2 amide bonds. The summed E-state index contributed by atoms with van der Waals surface area (Å²) in [6, 6.07) is 3.66. The molecule has 1 fully saturated rings. The van der Waals surface area contributed by atoms with Crippen LogP contribution in [0.4, 0.5) is 0 Å². The lowest BCUT2D eigenvalue weighted by atomic mass is 9.52. The lowest BCUT2D eigenvalue weighted by Crippen LogP contribution is -2.63. The van der Waals surface area contributed by atoms with Gasteiger partial charge in [-0.3, -0.25) is 9.59 Å². The van der Waals surface area contributed by atoms with Crippen molar-refractivity contribution in [2.24, 2.45) is 22.5 Å². The Morgan fingerprint density at radius 1 is 1.58 bits per heavy atom. The number of nitrogens with zero attached hydrogens (tertiary/aromatic N) is 2. The molecule has 0 bridgehead atoms. The van der Waals surface area contributed by atoms with Crippen molar-refractivity contribution in [3.8, 4) is 12.1 Å². The third kappa shape index (κ3) is 1.40. The van der Waals surface area contributed by atoms with Crippen molar-refractivity contribution >= 4 is 11.8 Å². The highest BCUT2D eigenvalue weighted by molar-refractivity contribution is 5.97. The highest BCUT2D eigenvalue weighted by Crippen LogP contribution is 2.55. The number of nitrogens with two attached hydrogens (primary N) is 1. The molecule has 6 nitrogen and oxygen atoms in total. The van der Waals surface area contributed by atoms with Crippen LogP contribution in [-0.2, 0) is 9.59 Å². The molecule has 0 aromatic carbocycles. The summed E-state index contributed by atoms with van der Waals surface area (Å²) < 4.78 is 0. The monoisotopic (exact) mass is 258 g/mol. The van der Waals surface area contributed by atoms with Crippen LogP contribution in [0.15, 0.2) is 11.8 Å². The van der Waals surface area contributed by atoms with Crippen LogP contribution in [0.2, 0.25) is 0 Å². The molecule has 1 aliphatic carbocycles. The first-order valence-corrected chi connectivity index (χ1v) is 6.06. The Morgan fingerprint density at radius 2 is 2.26 bits per heavy atom. The molecule has 0 aromatic rings. The number of fused-ring (bicyclic) bond motifs is 1. The predicted molar refractivity (Wildman–Crippen MR) is 64.5 cm³/mol. The van der Waals surface area contributed by atoms with Gasteiger partial charge in [-0.25, -0.2) is 0 Å². The molecule has 3 unspecified atom stereocenters. The van der Waals surface area contributed by atoms with Gasteiger partial charge in [0.1, 0.15) is 0 Å². The van der Waals surface area contributed by atoms with Gasteiger partial charge in [0.25, 0.3) is 0 Å². The molecule has 2 aliphatic rings. The van der Waals surface area contributed by atoms with E-state index in [9.17, 15) is 20.1 Å². The second kappa shape index (κ2) is 4.10. The minimum Gasteiger partial charge on any atom is -0.368 e. The molecular weight excluding hydrogens is 244 g/mol. The number of rotatable bonds is 1. The number of amides is 2. The van der Waals surface area contributed by atoms with Gasteiger partial charge in [-0.1, -0.05) is 13.0 Å². The van der Waals surface area contributed by atoms with E-state index in [2.05, 4.69) is 5.32 Å². The number of piperidine rings is 1. The summed E-state index contributed by atoms with van der Waals surface area (Å²) in [6.45, 7) is 1.72. The Bertz CT molecular complexity index is 568. The van der Waals surface area contributed by atoms with Crippen LogP contribution in [0.1, 0.15) is 26.2 Å². The SMILES string of the molecule is CC12CCCC=C1NC(=O)C(C#N)C2(C#N)C(N)=O. The standard InChI is InChI=1S/C13H14N4O2/c1-12-5-3-2-4-9(12)17-10(18)8(6-14)13(12,7-15)11(16)19/h4,8H,2-3,5H2,1H3,(H2,16,19)(H,17,18). The van der Waals surface area contributed by atoms with Gasteiger partial charge in [-0.15, -0.1) is 0 Å². The first kappa shape index (κ1) is 13.1. The lowest BCUT2D eigenvalue weighted by Gasteiger charge is -2.50. The first-order valence-electron chi connectivity index (χ1n) is 6.06. The first-order chi connectivity index (χ1) is 8.94. The van der Waals surface area contributed by atoms with Gasteiger partial charge < -0.3 is 11.1 Å². The van der Waals surface area contributed by atoms with Crippen molar-refractivity contribution in [1.82, 2.24) is 5.32 Å². The lowest BCUT2D eigenvalue weighted by molar-refractivity contribution is -0.144. The Kier molecular flexibility index (Phi) is 2.83. The zero-order valence-corrected chi connectivity index (χ0v) is 10.6. The molecule has 1 aliphatic heterocycles. The van der Waals surface area contributed by atoms with Gasteiger partial charge in [0.2, 0.25) is 11.8 Å². The van der Waals surface area contributed by atoms with Crippen molar-refractivity contribution in [3.05, 3.63) is 11.8 Å². The Morgan fingerprint density at radius 3 is 2.79 bits per heavy atom. The molecule has 1 saturated heterocycles. The molecule has 1 heterocycles. The highest BCUT2D eigenvalue weighted by Gasteiger charge is 2.65. The number of hydrogen-bond acceptors (Lipinski definition) is 4. The third-order valence-electron chi connectivity index (χ3n) is 4.34. The number of allylic oxidation sites excluding steroid dienone is 2. The number of nitriles is 2.